The number of nitrogens with zero attached hydrogens (tertiary/aromatic N) is 5. The van der Waals surface area contributed by atoms with Crippen LogP contribution in [-0.2, 0) is 16.5 Å². The minimum absolute atomic E-state index is 0.0473. The lowest BCUT2D eigenvalue weighted by Gasteiger charge is -2.33. The summed E-state index contributed by atoms with van der Waals surface area (Å²) in [6.07, 6.45) is 8.83. The van der Waals surface area contributed by atoms with Gasteiger partial charge in [-0.1, -0.05) is 19.9 Å². The third-order valence-corrected chi connectivity index (χ3v) is 9.63. The fourth-order valence-corrected chi connectivity index (χ4v) is 6.88. The highest BCUT2D eigenvalue weighted by Crippen LogP contribution is 2.39. The second-order valence-corrected chi connectivity index (χ2v) is 12.6. The number of aryl methyl sites for hydroxylation is 1. The van der Waals surface area contributed by atoms with Crippen molar-refractivity contribution < 1.29 is 23.7 Å². The first-order chi connectivity index (χ1) is 23.8. The number of anilines is 2. The Bertz CT molecular complexity index is 1940. The van der Waals surface area contributed by atoms with Crippen molar-refractivity contribution in [2.45, 2.75) is 32.8 Å². The molecule has 1 fully saturated rings. The maximum atomic E-state index is 13.0. The molecule has 0 bridgehead atoms. The van der Waals surface area contributed by atoms with Crippen LogP contribution in [0.1, 0.15) is 37.3 Å². The van der Waals surface area contributed by atoms with E-state index in [2.05, 4.69) is 40.8 Å². The number of nitrogens with two attached hydrogens (primary N) is 1. The number of ether oxygens (including phenoxy) is 4. The Balaban J connectivity index is 0.00000230. The highest BCUT2D eigenvalue weighted by atomic mass is 127. The van der Waals surface area contributed by atoms with E-state index < -0.39 is 5.97 Å². The monoisotopic (exact) mass is 798 g/mol. The first-order valence-corrected chi connectivity index (χ1v) is 19.2. The molecule has 2 N–H and O–H groups in total. The largest absolute Gasteiger partial charge is 0.491 e. The summed E-state index contributed by atoms with van der Waals surface area (Å²) in [4.78, 5) is 34.9. The number of pyridine rings is 1. The van der Waals surface area contributed by atoms with Crippen molar-refractivity contribution in [3.8, 4) is 28.4 Å². The van der Waals surface area contributed by atoms with Gasteiger partial charge in [-0.2, -0.15) is 0 Å². The van der Waals surface area contributed by atoms with Crippen molar-refractivity contribution in [3.63, 3.8) is 0 Å². The van der Waals surface area contributed by atoms with Gasteiger partial charge in [0.05, 0.1) is 37.9 Å². The molecule has 12 nitrogen and oxygen atoms in total. The fourth-order valence-electron chi connectivity index (χ4n) is 5.54. The Hall–Kier alpha value is -4.28. The molecule has 6 rings (SSSR count). The molecule has 0 radical (unpaired) electrons. The summed E-state index contributed by atoms with van der Waals surface area (Å²) in [7, 11) is 4.48. The number of piperidine rings is 1. The number of aromatic nitrogens is 4. The molecule has 1 aliphatic rings. The van der Waals surface area contributed by atoms with Gasteiger partial charge in [-0.3, -0.25) is 8.77 Å². The normalized spacial score (nSPS) is 13.1. The average molecular weight is 799 g/mol. The van der Waals surface area contributed by atoms with Gasteiger partial charge in [0.1, 0.15) is 29.4 Å². The Morgan fingerprint density at radius 2 is 1.76 bits per heavy atom. The zero-order valence-electron chi connectivity index (χ0n) is 27.8. The zero-order chi connectivity index (χ0) is 34.9. The van der Waals surface area contributed by atoms with Crippen LogP contribution >= 0.6 is 30.3 Å². The number of hydrogen-bond acceptors (Lipinski definition) is 11. The summed E-state index contributed by atoms with van der Waals surface area (Å²) in [5, 5.41) is 0.818. The summed E-state index contributed by atoms with van der Waals surface area (Å²) < 4.78 is 26.6. The summed E-state index contributed by atoms with van der Waals surface area (Å²) in [5.41, 5.74) is 9.80. The van der Waals surface area contributed by atoms with Crippen molar-refractivity contribution in [1.29, 1.82) is 0 Å². The van der Waals surface area contributed by atoms with Gasteiger partial charge in [-0.15, -0.1) is 0 Å². The Kier molecular flexibility index (Phi) is 12.4. The number of esters is 1. The van der Waals surface area contributed by atoms with Crippen molar-refractivity contribution in [2.24, 2.45) is 7.05 Å². The number of carbonyl (C=O) groups is 1. The molecule has 5 aromatic rings. The van der Waals surface area contributed by atoms with Crippen molar-refractivity contribution >= 4 is 58.6 Å². The van der Waals surface area contributed by atoms with Gasteiger partial charge in [-0.25, -0.2) is 14.8 Å². The van der Waals surface area contributed by atoms with Crippen molar-refractivity contribution in [2.75, 3.05) is 44.0 Å². The highest BCUT2D eigenvalue weighted by molar-refractivity contribution is 14.2. The predicted octanol–water partition coefficient (Wildman–Crippen LogP) is 6.90. The second kappa shape index (κ2) is 16.9. The molecular formula is C35H39IN6O6S. The third-order valence-electron chi connectivity index (χ3n) is 7.91. The lowest BCUT2D eigenvalue weighted by molar-refractivity contribution is 0.0202. The molecular weight excluding hydrogens is 759 g/mol. The van der Waals surface area contributed by atoms with E-state index >= 15 is 0 Å². The molecule has 49 heavy (non-hydrogen) atoms. The number of hydrogen-bond donors (Lipinski definition) is 1. The third kappa shape index (κ3) is 8.48. The number of methoxy groups -OCH3 is 1. The van der Waals surface area contributed by atoms with E-state index in [-0.39, 0.29) is 17.5 Å². The summed E-state index contributed by atoms with van der Waals surface area (Å²) in [6, 6.07) is 14.9. The fraction of sp³-hybridized carbons (Fsp3) is 0.314. The quantitative estimate of drug-likeness (QED) is 0.0648. The van der Waals surface area contributed by atoms with Crippen LogP contribution in [0.5, 0.6) is 17.2 Å². The number of fused-ring (bicyclic) bond motifs is 1. The summed E-state index contributed by atoms with van der Waals surface area (Å²) in [6.45, 7) is 6.44. The number of rotatable bonds is 11. The second-order valence-electron chi connectivity index (χ2n) is 10.9. The molecule has 0 saturated carbocycles. The average Bonchev–Trinajstić information content (AvgIpc) is 3.58. The van der Waals surface area contributed by atoms with Gasteiger partial charge in [0, 0.05) is 91.1 Å². The molecule has 0 aliphatic carbocycles. The van der Waals surface area contributed by atoms with Crippen molar-refractivity contribution in [1.82, 2.24) is 18.5 Å². The molecule has 1 aliphatic heterocycles. The Morgan fingerprint density at radius 1 is 1.02 bits per heavy atom. The maximum Gasteiger partial charge on any atom is 0.376 e. The molecule has 2 aromatic carbocycles. The molecule has 0 unspecified atom stereocenters. The Labute approximate surface area is 301 Å². The summed E-state index contributed by atoms with van der Waals surface area (Å²) in [5.74, 6) is 1.36. The lowest BCUT2D eigenvalue weighted by Crippen LogP contribution is -2.37. The number of carbonyl (C=O) groups excluding carboxylic acids is 1. The molecule has 3 aromatic heterocycles. The number of benzene rings is 2. The van der Waals surface area contributed by atoms with Crippen LogP contribution in [0.2, 0.25) is 0 Å². The SMILES string of the molecule is CC.COC(=O)c1ncc(N2CCC(OCCOc3cccc(Oc4ccc(N)cc4-c4cn(C)c(=O)c5c4ccn5SI)c3)CC2)cn1. The van der Waals surface area contributed by atoms with Gasteiger partial charge in [0.25, 0.3) is 5.56 Å². The number of nitrogen functional groups attached to an aromatic ring is 1. The van der Waals surface area contributed by atoms with E-state index in [1.54, 1.807) is 30.1 Å². The Morgan fingerprint density at radius 3 is 2.47 bits per heavy atom. The maximum absolute atomic E-state index is 13.0. The van der Waals surface area contributed by atoms with Crippen LogP contribution < -0.4 is 25.7 Å². The van der Waals surface area contributed by atoms with E-state index in [1.807, 2.05) is 72.7 Å². The molecule has 0 atom stereocenters. The predicted molar refractivity (Wildman–Crippen MR) is 202 cm³/mol. The van der Waals surface area contributed by atoms with Gasteiger partial charge in [0.15, 0.2) is 0 Å². The molecule has 4 heterocycles. The van der Waals surface area contributed by atoms with Gasteiger partial charge in [-0.05, 0) is 49.2 Å². The first kappa shape index (κ1) is 36.0. The molecule has 0 spiro atoms. The highest BCUT2D eigenvalue weighted by Gasteiger charge is 2.21. The first-order valence-electron chi connectivity index (χ1n) is 15.9. The smallest absolute Gasteiger partial charge is 0.376 e. The van der Waals surface area contributed by atoms with E-state index in [9.17, 15) is 9.59 Å². The van der Waals surface area contributed by atoms with Gasteiger partial charge in [0.2, 0.25) is 5.82 Å². The minimum atomic E-state index is -0.553. The van der Waals surface area contributed by atoms with E-state index in [0.717, 1.165) is 48.1 Å². The van der Waals surface area contributed by atoms with Crippen molar-refractivity contribution in [3.05, 3.63) is 89.5 Å². The zero-order valence-corrected chi connectivity index (χ0v) is 30.8. The van der Waals surface area contributed by atoms with Crippen LogP contribution in [0.15, 0.2) is 78.1 Å². The van der Waals surface area contributed by atoms with Crippen LogP contribution in [0.25, 0.3) is 22.0 Å². The molecule has 14 heteroatoms. The molecule has 258 valence electrons. The standard InChI is InChI=1S/C33H33IN6O6S.C2H6/c1-38-20-28(26-10-13-40(47-34)30(26)32(38)41)27-16-21(35)6-7-29(27)46-25-5-3-4-24(17-25)45-15-14-44-23-8-11-39(12-9-23)22-18-36-31(37-19-22)33(42)43-2;1-2/h3-7,10,13,16-20,23H,8-9,11-12,14-15,35H2,1-2H3;1-2H3. The van der Waals surface area contributed by atoms with Gasteiger partial charge >= 0.3 is 5.97 Å². The van der Waals surface area contributed by atoms with Crippen LogP contribution in [0.4, 0.5) is 11.4 Å². The van der Waals surface area contributed by atoms with E-state index in [0.29, 0.717) is 41.7 Å². The lowest BCUT2D eigenvalue weighted by atomic mass is 10.0. The van der Waals surface area contributed by atoms with Crippen LogP contribution in [0.3, 0.4) is 0 Å². The number of halogens is 1. The minimum Gasteiger partial charge on any atom is -0.491 e. The van der Waals surface area contributed by atoms with Gasteiger partial charge < -0.3 is 34.1 Å². The summed E-state index contributed by atoms with van der Waals surface area (Å²) >= 11 is 2.16. The van der Waals surface area contributed by atoms with Crippen LogP contribution in [0, 0.1) is 0 Å². The topological polar surface area (TPSA) is 136 Å². The van der Waals surface area contributed by atoms with Crippen LogP contribution in [-0.4, -0.2) is 64.0 Å². The van der Waals surface area contributed by atoms with E-state index in [1.165, 1.54) is 16.2 Å². The molecule has 0 amide bonds. The van der Waals surface area contributed by atoms with E-state index in [4.69, 9.17) is 19.9 Å². The molecule has 1 saturated heterocycles.